The van der Waals surface area contributed by atoms with Crippen molar-refractivity contribution in [3.05, 3.63) is 48.3 Å². The standard InChI is InChI=1S/C16H22N4O2/c1-2-5-15(21)12-18-16(22)17-11-13-6-3-7-14(10-13)20-9-4-8-19-20/h3-4,6-10,15,21H,2,5,11-12H2,1H3,(H2,17,18,22). The van der Waals surface area contributed by atoms with Crippen molar-refractivity contribution in [2.45, 2.75) is 32.4 Å². The Labute approximate surface area is 130 Å². The van der Waals surface area contributed by atoms with Crippen LogP contribution in [-0.2, 0) is 6.54 Å². The molecule has 2 amide bonds. The number of hydrogen-bond acceptors (Lipinski definition) is 3. The number of amides is 2. The lowest BCUT2D eigenvalue weighted by Gasteiger charge is -2.12. The lowest BCUT2D eigenvalue weighted by Crippen LogP contribution is -2.39. The molecule has 0 saturated carbocycles. The third kappa shape index (κ3) is 4.89. The quantitative estimate of drug-likeness (QED) is 0.730. The van der Waals surface area contributed by atoms with Gasteiger partial charge in [-0.3, -0.25) is 0 Å². The average molecular weight is 302 g/mol. The predicted octanol–water partition coefficient (Wildman–Crippen LogP) is 1.83. The highest BCUT2D eigenvalue weighted by Crippen LogP contribution is 2.09. The lowest BCUT2D eigenvalue weighted by atomic mass is 10.2. The fourth-order valence-corrected chi connectivity index (χ4v) is 2.12. The van der Waals surface area contributed by atoms with Gasteiger partial charge >= 0.3 is 6.03 Å². The molecule has 1 aromatic heterocycles. The molecular formula is C16H22N4O2. The molecule has 1 atom stereocenters. The third-order valence-corrected chi connectivity index (χ3v) is 3.25. The Hall–Kier alpha value is -2.34. The highest BCUT2D eigenvalue weighted by Gasteiger charge is 2.06. The Morgan fingerprint density at radius 3 is 2.95 bits per heavy atom. The molecule has 3 N–H and O–H groups in total. The van der Waals surface area contributed by atoms with Gasteiger partial charge in [-0.05, 0) is 30.2 Å². The van der Waals surface area contributed by atoms with Crippen molar-refractivity contribution in [3.63, 3.8) is 0 Å². The second kappa shape index (κ2) is 8.19. The summed E-state index contributed by atoms with van der Waals surface area (Å²) in [5, 5.41) is 19.2. The van der Waals surface area contributed by atoms with Crippen LogP contribution in [0.25, 0.3) is 5.69 Å². The van der Waals surface area contributed by atoms with Gasteiger partial charge in [-0.1, -0.05) is 25.5 Å². The van der Waals surface area contributed by atoms with Crippen LogP contribution in [0.1, 0.15) is 25.3 Å². The summed E-state index contributed by atoms with van der Waals surface area (Å²) in [5.74, 6) is 0. The Kier molecular flexibility index (Phi) is 5.97. The van der Waals surface area contributed by atoms with Gasteiger partial charge in [-0.15, -0.1) is 0 Å². The number of carbonyl (C=O) groups is 1. The number of aromatic nitrogens is 2. The average Bonchev–Trinajstić information content (AvgIpc) is 3.06. The molecule has 0 radical (unpaired) electrons. The third-order valence-electron chi connectivity index (χ3n) is 3.25. The van der Waals surface area contributed by atoms with Crippen LogP contribution in [0.4, 0.5) is 4.79 Å². The van der Waals surface area contributed by atoms with E-state index in [0.29, 0.717) is 13.0 Å². The van der Waals surface area contributed by atoms with E-state index in [1.807, 2.05) is 43.5 Å². The summed E-state index contributed by atoms with van der Waals surface area (Å²) in [4.78, 5) is 11.7. The maximum atomic E-state index is 11.7. The number of nitrogens with one attached hydrogen (secondary N) is 2. The van der Waals surface area contributed by atoms with Crippen LogP contribution in [0.5, 0.6) is 0 Å². The molecule has 0 aliphatic rings. The van der Waals surface area contributed by atoms with E-state index in [0.717, 1.165) is 17.7 Å². The number of benzene rings is 1. The zero-order valence-corrected chi connectivity index (χ0v) is 12.7. The lowest BCUT2D eigenvalue weighted by molar-refractivity contribution is 0.160. The smallest absolute Gasteiger partial charge is 0.315 e. The normalized spacial score (nSPS) is 11.9. The van der Waals surface area contributed by atoms with Crippen LogP contribution in [0, 0.1) is 0 Å². The number of urea groups is 1. The van der Waals surface area contributed by atoms with Crippen molar-refractivity contribution in [1.29, 1.82) is 0 Å². The zero-order chi connectivity index (χ0) is 15.8. The summed E-state index contributed by atoms with van der Waals surface area (Å²) in [6.45, 7) is 2.69. The highest BCUT2D eigenvalue weighted by atomic mass is 16.3. The van der Waals surface area contributed by atoms with Crippen molar-refractivity contribution in [1.82, 2.24) is 20.4 Å². The van der Waals surface area contributed by atoms with E-state index in [-0.39, 0.29) is 12.6 Å². The van der Waals surface area contributed by atoms with E-state index in [9.17, 15) is 9.90 Å². The molecule has 0 aliphatic carbocycles. The largest absolute Gasteiger partial charge is 0.391 e. The van der Waals surface area contributed by atoms with E-state index in [2.05, 4.69) is 15.7 Å². The molecule has 0 aliphatic heterocycles. The second-order valence-electron chi connectivity index (χ2n) is 5.13. The molecule has 6 heteroatoms. The Bertz CT molecular complexity index is 584. The molecular weight excluding hydrogens is 280 g/mol. The first-order chi connectivity index (χ1) is 10.7. The molecule has 2 rings (SSSR count). The Balaban J connectivity index is 1.82. The van der Waals surface area contributed by atoms with Crippen LogP contribution in [-0.4, -0.2) is 33.6 Å². The summed E-state index contributed by atoms with van der Waals surface area (Å²) in [7, 11) is 0. The van der Waals surface area contributed by atoms with Gasteiger partial charge in [-0.25, -0.2) is 9.48 Å². The minimum absolute atomic E-state index is 0.271. The number of aliphatic hydroxyl groups excluding tert-OH is 1. The maximum Gasteiger partial charge on any atom is 0.315 e. The molecule has 0 bridgehead atoms. The first kappa shape index (κ1) is 16.0. The van der Waals surface area contributed by atoms with Crippen LogP contribution in [0.3, 0.4) is 0 Å². The van der Waals surface area contributed by atoms with E-state index in [4.69, 9.17) is 0 Å². The molecule has 6 nitrogen and oxygen atoms in total. The number of carbonyl (C=O) groups excluding carboxylic acids is 1. The maximum absolute atomic E-state index is 11.7. The minimum Gasteiger partial charge on any atom is -0.391 e. The monoisotopic (exact) mass is 302 g/mol. The molecule has 0 spiro atoms. The van der Waals surface area contributed by atoms with Gasteiger partial charge in [0.15, 0.2) is 0 Å². The number of rotatable bonds is 7. The Morgan fingerprint density at radius 2 is 2.23 bits per heavy atom. The molecule has 118 valence electrons. The van der Waals surface area contributed by atoms with Gasteiger partial charge in [0.05, 0.1) is 11.8 Å². The van der Waals surface area contributed by atoms with Gasteiger partial charge < -0.3 is 15.7 Å². The topological polar surface area (TPSA) is 79.2 Å². The summed E-state index contributed by atoms with van der Waals surface area (Å²) < 4.78 is 1.77. The van der Waals surface area contributed by atoms with Crippen molar-refractivity contribution in [2.75, 3.05) is 6.54 Å². The van der Waals surface area contributed by atoms with Gasteiger partial charge in [0.1, 0.15) is 0 Å². The minimum atomic E-state index is -0.487. The number of hydrogen-bond donors (Lipinski definition) is 3. The van der Waals surface area contributed by atoms with E-state index < -0.39 is 6.10 Å². The zero-order valence-electron chi connectivity index (χ0n) is 12.7. The molecule has 0 saturated heterocycles. The first-order valence-electron chi connectivity index (χ1n) is 7.47. The van der Waals surface area contributed by atoms with Gasteiger partial charge in [0.2, 0.25) is 0 Å². The van der Waals surface area contributed by atoms with Gasteiger partial charge in [0.25, 0.3) is 0 Å². The number of nitrogens with zero attached hydrogens (tertiary/aromatic N) is 2. The first-order valence-corrected chi connectivity index (χ1v) is 7.47. The van der Waals surface area contributed by atoms with Gasteiger partial charge in [-0.2, -0.15) is 5.10 Å². The molecule has 2 aromatic rings. The molecule has 1 unspecified atom stereocenters. The number of aliphatic hydroxyl groups is 1. The van der Waals surface area contributed by atoms with E-state index >= 15 is 0 Å². The van der Waals surface area contributed by atoms with Crippen molar-refractivity contribution < 1.29 is 9.90 Å². The fraction of sp³-hybridized carbons (Fsp3) is 0.375. The van der Waals surface area contributed by atoms with Crippen LogP contribution < -0.4 is 10.6 Å². The Morgan fingerprint density at radius 1 is 1.36 bits per heavy atom. The van der Waals surface area contributed by atoms with Gasteiger partial charge in [0, 0.05) is 25.5 Å². The van der Waals surface area contributed by atoms with Crippen LogP contribution in [0.2, 0.25) is 0 Å². The van der Waals surface area contributed by atoms with E-state index in [1.54, 1.807) is 10.9 Å². The summed E-state index contributed by atoms with van der Waals surface area (Å²) >= 11 is 0. The predicted molar refractivity (Wildman–Crippen MR) is 84.7 cm³/mol. The molecule has 1 heterocycles. The summed E-state index contributed by atoms with van der Waals surface area (Å²) in [6.07, 6.45) is 4.68. The fourth-order valence-electron chi connectivity index (χ4n) is 2.12. The second-order valence-corrected chi connectivity index (χ2v) is 5.13. The van der Waals surface area contributed by atoms with E-state index in [1.165, 1.54) is 0 Å². The molecule has 22 heavy (non-hydrogen) atoms. The molecule has 1 aromatic carbocycles. The summed E-state index contributed by atoms with van der Waals surface area (Å²) in [6, 6.07) is 9.38. The highest BCUT2D eigenvalue weighted by molar-refractivity contribution is 5.73. The van der Waals surface area contributed by atoms with Crippen molar-refractivity contribution in [3.8, 4) is 5.69 Å². The van der Waals surface area contributed by atoms with Crippen LogP contribution >= 0.6 is 0 Å². The van der Waals surface area contributed by atoms with Crippen molar-refractivity contribution >= 4 is 6.03 Å². The SMILES string of the molecule is CCCC(O)CNC(=O)NCc1cccc(-n2cccn2)c1. The summed E-state index contributed by atoms with van der Waals surface area (Å²) in [5.41, 5.74) is 1.93. The van der Waals surface area contributed by atoms with Crippen molar-refractivity contribution in [2.24, 2.45) is 0 Å². The molecule has 0 fully saturated rings. The van der Waals surface area contributed by atoms with Crippen LogP contribution in [0.15, 0.2) is 42.7 Å².